The number of fused-ring (bicyclic) bond motifs is 1. The van der Waals surface area contributed by atoms with E-state index >= 15 is 0 Å². The zero-order valence-corrected chi connectivity index (χ0v) is 12.9. The molecule has 0 aliphatic rings. The SMILES string of the molecule is Cc1ccnc(-c2ccc(C)c3cccnc23)c1N(C)C. The third kappa shape index (κ3) is 2.25. The summed E-state index contributed by atoms with van der Waals surface area (Å²) in [6.45, 7) is 4.23. The van der Waals surface area contributed by atoms with Crippen molar-refractivity contribution in [3.05, 3.63) is 53.9 Å². The van der Waals surface area contributed by atoms with Gasteiger partial charge in [0.25, 0.3) is 0 Å². The van der Waals surface area contributed by atoms with E-state index in [-0.39, 0.29) is 0 Å². The van der Waals surface area contributed by atoms with Gasteiger partial charge in [-0.1, -0.05) is 18.2 Å². The van der Waals surface area contributed by atoms with Crippen molar-refractivity contribution >= 4 is 16.6 Å². The maximum Gasteiger partial charge on any atom is 0.0959 e. The normalized spacial score (nSPS) is 10.9. The number of pyridine rings is 2. The van der Waals surface area contributed by atoms with Crippen LogP contribution in [-0.2, 0) is 0 Å². The number of aromatic nitrogens is 2. The number of aryl methyl sites for hydroxylation is 2. The van der Waals surface area contributed by atoms with Crippen molar-refractivity contribution in [2.75, 3.05) is 19.0 Å². The molecule has 2 aromatic heterocycles. The summed E-state index contributed by atoms with van der Waals surface area (Å²) in [5.41, 5.74) is 6.69. The minimum atomic E-state index is 0.990. The summed E-state index contributed by atoms with van der Waals surface area (Å²) in [6.07, 6.45) is 3.71. The van der Waals surface area contributed by atoms with Crippen LogP contribution < -0.4 is 4.90 Å². The third-order valence-electron chi connectivity index (χ3n) is 3.82. The van der Waals surface area contributed by atoms with Gasteiger partial charge in [-0.05, 0) is 37.1 Å². The highest BCUT2D eigenvalue weighted by Gasteiger charge is 2.15. The van der Waals surface area contributed by atoms with Gasteiger partial charge in [-0.3, -0.25) is 9.97 Å². The largest absolute Gasteiger partial charge is 0.376 e. The van der Waals surface area contributed by atoms with E-state index in [0.29, 0.717) is 0 Å². The molecule has 3 aromatic rings. The summed E-state index contributed by atoms with van der Waals surface area (Å²) < 4.78 is 0. The number of rotatable bonds is 2. The summed E-state index contributed by atoms with van der Waals surface area (Å²) in [6, 6.07) is 10.4. The standard InChI is InChI=1S/C18H19N3/c1-12-7-8-15(16-14(12)6-5-10-19-16)17-18(21(3)4)13(2)9-11-20-17/h5-11H,1-4H3. The molecule has 0 unspecified atom stereocenters. The summed E-state index contributed by atoms with van der Waals surface area (Å²) >= 11 is 0. The van der Waals surface area contributed by atoms with Gasteiger partial charge < -0.3 is 4.90 Å². The number of anilines is 1. The van der Waals surface area contributed by atoms with Crippen LogP contribution in [-0.4, -0.2) is 24.1 Å². The van der Waals surface area contributed by atoms with Crippen LogP contribution in [0.4, 0.5) is 5.69 Å². The zero-order chi connectivity index (χ0) is 15.0. The Balaban J connectivity index is 2.37. The van der Waals surface area contributed by atoms with Gasteiger partial charge in [0.15, 0.2) is 0 Å². The average Bonchev–Trinajstić information content (AvgIpc) is 2.47. The maximum absolute atomic E-state index is 4.63. The van der Waals surface area contributed by atoms with Gasteiger partial charge in [0.05, 0.1) is 16.9 Å². The Kier molecular flexibility index (Phi) is 3.34. The molecule has 0 aliphatic carbocycles. The van der Waals surface area contributed by atoms with Crippen molar-refractivity contribution in [2.45, 2.75) is 13.8 Å². The topological polar surface area (TPSA) is 29.0 Å². The van der Waals surface area contributed by atoms with Gasteiger partial charge in [0.1, 0.15) is 0 Å². The summed E-state index contributed by atoms with van der Waals surface area (Å²) in [5, 5.41) is 1.18. The second-order valence-electron chi connectivity index (χ2n) is 5.55. The molecule has 0 radical (unpaired) electrons. The number of hydrogen-bond donors (Lipinski definition) is 0. The first-order valence-electron chi connectivity index (χ1n) is 7.07. The molecule has 0 aliphatic heterocycles. The van der Waals surface area contributed by atoms with Gasteiger partial charge >= 0.3 is 0 Å². The van der Waals surface area contributed by atoms with Crippen LogP contribution in [0.5, 0.6) is 0 Å². The second kappa shape index (κ2) is 5.17. The van der Waals surface area contributed by atoms with Crippen LogP contribution in [0, 0.1) is 13.8 Å². The van der Waals surface area contributed by atoms with Crippen LogP contribution in [0.3, 0.4) is 0 Å². The molecule has 0 saturated heterocycles. The molecule has 21 heavy (non-hydrogen) atoms. The molecule has 0 bridgehead atoms. The lowest BCUT2D eigenvalue weighted by molar-refractivity contribution is 1.09. The van der Waals surface area contributed by atoms with E-state index in [1.807, 2.05) is 24.5 Å². The Morgan fingerprint density at radius 2 is 1.67 bits per heavy atom. The molecule has 1 aromatic carbocycles. The van der Waals surface area contributed by atoms with Crippen molar-refractivity contribution in [1.82, 2.24) is 9.97 Å². The second-order valence-corrected chi connectivity index (χ2v) is 5.55. The predicted octanol–water partition coefficient (Wildman–Crippen LogP) is 3.98. The first-order chi connectivity index (χ1) is 10.1. The minimum absolute atomic E-state index is 0.990. The van der Waals surface area contributed by atoms with Crippen LogP contribution in [0.25, 0.3) is 22.2 Å². The zero-order valence-electron chi connectivity index (χ0n) is 12.9. The molecular weight excluding hydrogens is 258 g/mol. The van der Waals surface area contributed by atoms with Crippen LogP contribution in [0.15, 0.2) is 42.7 Å². The van der Waals surface area contributed by atoms with E-state index in [2.05, 4.69) is 61.0 Å². The quantitative estimate of drug-likeness (QED) is 0.709. The van der Waals surface area contributed by atoms with Crippen molar-refractivity contribution < 1.29 is 0 Å². The Bertz CT molecular complexity index is 807. The highest BCUT2D eigenvalue weighted by Crippen LogP contribution is 2.35. The van der Waals surface area contributed by atoms with Crippen LogP contribution in [0.2, 0.25) is 0 Å². The van der Waals surface area contributed by atoms with Gasteiger partial charge in [0.2, 0.25) is 0 Å². The lowest BCUT2D eigenvalue weighted by Gasteiger charge is -2.20. The predicted molar refractivity (Wildman–Crippen MR) is 88.8 cm³/mol. The minimum Gasteiger partial charge on any atom is -0.376 e. The van der Waals surface area contributed by atoms with E-state index in [0.717, 1.165) is 22.5 Å². The van der Waals surface area contributed by atoms with E-state index < -0.39 is 0 Å². The van der Waals surface area contributed by atoms with Gasteiger partial charge in [0, 0.05) is 37.4 Å². The highest BCUT2D eigenvalue weighted by atomic mass is 15.1. The van der Waals surface area contributed by atoms with Crippen molar-refractivity contribution in [1.29, 1.82) is 0 Å². The third-order valence-corrected chi connectivity index (χ3v) is 3.82. The van der Waals surface area contributed by atoms with Gasteiger partial charge in [-0.25, -0.2) is 0 Å². The molecule has 3 heteroatoms. The molecule has 106 valence electrons. The Labute approximate surface area is 125 Å². The van der Waals surface area contributed by atoms with E-state index in [9.17, 15) is 0 Å². The molecule has 0 spiro atoms. The lowest BCUT2D eigenvalue weighted by atomic mass is 10.00. The molecule has 0 atom stereocenters. The van der Waals surface area contributed by atoms with Crippen LogP contribution in [0.1, 0.15) is 11.1 Å². The maximum atomic E-state index is 4.63. The van der Waals surface area contributed by atoms with Gasteiger partial charge in [-0.2, -0.15) is 0 Å². The summed E-state index contributed by atoms with van der Waals surface area (Å²) in [7, 11) is 4.11. The molecular formula is C18H19N3. The molecule has 0 N–H and O–H groups in total. The summed E-state index contributed by atoms with van der Waals surface area (Å²) in [4.78, 5) is 11.3. The van der Waals surface area contributed by atoms with Crippen molar-refractivity contribution in [3.63, 3.8) is 0 Å². The lowest BCUT2D eigenvalue weighted by Crippen LogP contribution is -2.12. The molecule has 0 amide bonds. The summed E-state index contributed by atoms with van der Waals surface area (Å²) in [5.74, 6) is 0. The molecule has 2 heterocycles. The Morgan fingerprint density at radius 3 is 2.43 bits per heavy atom. The van der Waals surface area contributed by atoms with E-state index in [4.69, 9.17) is 0 Å². The fraction of sp³-hybridized carbons (Fsp3) is 0.222. The average molecular weight is 277 g/mol. The molecule has 3 nitrogen and oxygen atoms in total. The monoisotopic (exact) mass is 277 g/mol. The molecule has 0 fully saturated rings. The fourth-order valence-corrected chi connectivity index (χ4v) is 2.82. The fourth-order valence-electron chi connectivity index (χ4n) is 2.82. The first-order valence-corrected chi connectivity index (χ1v) is 7.07. The Morgan fingerprint density at radius 1 is 0.857 bits per heavy atom. The van der Waals surface area contributed by atoms with E-state index in [1.165, 1.54) is 16.5 Å². The molecule has 3 rings (SSSR count). The number of hydrogen-bond acceptors (Lipinski definition) is 3. The van der Waals surface area contributed by atoms with Gasteiger partial charge in [-0.15, -0.1) is 0 Å². The van der Waals surface area contributed by atoms with Crippen molar-refractivity contribution in [3.8, 4) is 11.3 Å². The number of nitrogens with zero attached hydrogens (tertiary/aromatic N) is 3. The first kappa shape index (κ1) is 13.6. The highest BCUT2D eigenvalue weighted by molar-refractivity contribution is 5.97. The number of benzene rings is 1. The Hall–Kier alpha value is -2.42. The van der Waals surface area contributed by atoms with E-state index in [1.54, 1.807) is 0 Å². The van der Waals surface area contributed by atoms with Crippen LogP contribution >= 0.6 is 0 Å². The van der Waals surface area contributed by atoms with Crippen molar-refractivity contribution in [2.24, 2.45) is 0 Å². The smallest absolute Gasteiger partial charge is 0.0959 e. The molecule has 0 saturated carbocycles.